The van der Waals surface area contributed by atoms with E-state index in [0.717, 1.165) is 6.04 Å². The van der Waals surface area contributed by atoms with Crippen molar-refractivity contribution in [2.75, 3.05) is 26.2 Å². The lowest BCUT2D eigenvalue weighted by atomic mass is 10.0. The summed E-state index contributed by atoms with van der Waals surface area (Å²) in [4.78, 5) is 3.63. The highest BCUT2D eigenvalue weighted by molar-refractivity contribution is 5.13. The third-order valence-corrected chi connectivity index (χ3v) is 4.90. The highest BCUT2D eigenvalue weighted by Crippen LogP contribution is 2.00. The van der Waals surface area contributed by atoms with Crippen molar-refractivity contribution in [3.05, 3.63) is 35.9 Å². The topological polar surface area (TPSA) is 8.88 Å². The largest absolute Gasteiger partial charge is 0.335 e. The molecular weight excluding hydrogens is 244 g/mol. The summed E-state index contributed by atoms with van der Waals surface area (Å²) in [6, 6.07) is 11.9. The molecule has 0 aromatic heterocycles. The lowest BCUT2D eigenvalue weighted by molar-refractivity contribution is -0.966. The summed E-state index contributed by atoms with van der Waals surface area (Å²) < 4.78 is 0. The molecule has 0 amide bonds. The Bertz CT molecular complexity index is 355. The molecule has 0 radical (unpaired) electrons. The molecule has 1 atom stereocenters. The molecule has 1 aromatic carbocycles. The van der Waals surface area contributed by atoms with Gasteiger partial charge in [0, 0.05) is 18.4 Å². The zero-order valence-corrected chi connectivity index (χ0v) is 13.3. The maximum absolute atomic E-state index is 2.32. The van der Waals surface area contributed by atoms with Crippen LogP contribution in [0.1, 0.15) is 45.1 Å². The van der Waals surface area contributed by atoms with Crippen LogP contribution in [-0.4, -0.2) is 32.2 Å². The standard InChI is InChI=1S/C18H30N2/c1-3-5-13-20(16-17-9-7-6-8-10-17)18-11-14-19(4-2)15-12-18/h6-10,18H,3-5,11-16H2,1-2H3/p+2. The maximum atomic E-state index is 2.32. The molecule has 1 aliphatic rings. The van der Waals surface area contributed by atoms with E-state index in [0.29, 0.717) is 0 Å². The number of hydrogen-bond acceptors (Lipinski definition) is 0. The van der Waals surface area contributed by atoms with E-state index in [1.165, 1.54) is 64.0 Å². The van der Waals surface area contributed by atoms with Gasteiger partial charge >= 0.3 is 0 Å². The Labute approximate surface area is 124 Å². The van der Waals surface area contributed by atoms with Crippen LogP contribution < -0.4 is 9.80 Å². The van der Waals surface area contributed by atoms with Crippen molar-refractivity contribution in [1.29, 1.82) is 0 Å². The first kappa shape index (κ1) is 15.5. The van der Waals surface area contributed by atoms with Crippen LogP contribution in [0.4, 0.5) is 0 Å². The van der Waals surface area contributed by atoms with Crippen LogP contribution in [0.5, 0.6) is 0 Å². The molecule has 0 spiro atoms. The van der Waals surface area contributed by atoms with E-state index >= 15 is 0 Å². The third kappa shape index (κ3) is 4.60. The SMILES string of the molecule is CCCC[NH+](Cc1ccccc1)C1CC[NH+](CC)CC1. The lowest BCUT2D eigenvalue weighted by Gasteiger charge is -2.34. The van der Waals surface area contributed by atoms with Gasteiger partial charge in [-0.15, -0.1) is 0 Å². The van der Waals surface area contributed by atoms with Gasteiger partial charge in [0.15, 0.2) is 0 Å². The number of quaternary nitrogens is 2. The first-order valence-electron chi connectivity index (χ1n) is 8.55. The second kappa shape index (κ2) is 8.43. The molecule has 1 aliphatic heterocycles. The fourth-order valence-corrected chi connectivity index (χ4v) is 3.49. The van der Waals surface area contributed by atoms with E-state index in [4.69, 9.17) is 0 Å². The lowest BCUT2D eigenvalue weighted by Crippen LogP contribution is -3.19. The summed E-state index contributed by atoms with van der Waals surface area (Å²) in [6.07, 6.45) is 5.50. The second-order valence-corrected chi connectivity index (χ2v) is 6.30. The minimum absolute atomic E-state index is 0.886. The van der Waals surface area contributed by atoms with Gasteiger partial charge in [-0.25, -0.2) is 0 Å². The van der Waals surface area contributed by atoms with Crippen molar-refractivity contribution in [1.82, 2.24) is 0 Å². The smallest absolute Gasteiger partial charge is 0.103 e. The van der Waals surface area contributed by atoms with Gasteiger partial charge in [0.05, 0.1) is 32.2 Å². The highest BCUT2D eigenvalue weighted by atomic mass is 15.2. The van der Waals surface area contributed by atoms with Crippen molar-refractivity contribution in [2.24, 2.45) is 0 Å². The molecule has 1 fully saturated rings. The fourth-order valence-electron chi connectivity index (χ4n) is 3.49. The van der Waals surface area contributed by atoms with Crippen LogP contribution >= 0.6 is 0 Å². The summed E-state index contributed by atoms with van der Waals surface area (Å²) >= 11 is 0. The van der Waals surface area contributed by atoms with Crippen LogP contribution in [0.3, 0.4) is 0 Å². The van der Waals surface area contributed by atoms with Crippen molar-refractivity contribution in [2.45, 2.75) is 52.1 Å². The zero-order valence-electron chi connectivity index (χ0n) is 13.3. The number of rotatable bonds is 7. The van der Waals surface area contributed by atoms with Gasteiger partial charge < -0.3 is 9.80 Å². The Morgan fingerprint density at radius 3 is 2.40 bits per heavy atom. The normalized spacial score (nSPS) is 24.5. The van der Waals surface area contributed by atoms with Gasteiger partial charge in [0.1, 0.15) is 6.54 Å². The first-order chi connectivity index (χ1) is 9.83. The van der Waals surface area contributed by atoms with Crippen LogP contribution in [0, 0.1) is 0 Å². The number of piperidine rings is 1. The predicted octanol–water partition coefficient (Wildman–Crippen LogP) is 0.939. The Kier molecular flexibility index (Phi) is 6.55. The third-order valence-electron chi connectivity index (χ3n) is 4.90. The predicted molar refractivity (Wildman–Crippen MR) is 85.1 cm³/mol. The zero-order chi connectivity index (χ0) is 14.2. The van der Waals surface area contributed by atoms with E-state index in [9.17, 15) is 0 Å². The number of unbranched alkanes of at least 4 members (excludes halogenated alkanes) is 1. The summed E-state index contributed by atoms with van der Waals surface area (Å²) in [5.41, 5.74) is 1.50. The molecule has 1 saturated heterocycles. The van der Waals surface area contributed by atoms with Gasteiger partial charge in [-0.05, 0) is 13.3 Å². The Hall–Kier alpha value is -0.860. The van der Waals surface area contributed by atoms with Gasteiger partial charge in [-0.1, -0.05) is 43.7 Å². The Morgan fingerprint density at radius 2 is 1.80 bits per heavy atom. The summed E-state index contributed by atoms with van der Waals surface area (Å²) in [6.45, 7) is 11.3. The second-order valence-electron chi connectivity index (χ2n) is 6.30. The van der Waals surface area contributed by atoms with Gasteiger partial charge in [0.2, 0.25) is 0 Å². The molecule has 0 bridgehead atoms. The van der Waals surface area contributed by atoms with E-state index < -0.39 is 0 Å². The van der Waals surface area contributed by atoms with E-state index in [-0.39, 0.29) is 0 Å². The van der Waals surface area contributed by atoms with Crippen molar-refractivity contribution in [3.8, 4) is 0 Å². The summed E-state index contributed by atoms with van der Waals surface area (Å²) in [5.74, 6) is 0. The number of benzene rings is 1. The molecule has 2 heteroatoms. The molecule has 2 N–H and O–H groups in total. The first-order valence-corrected chi connectivity index (χ1v) is 8.55. The minimum Gasteiger partial charge on any atom is -0.335 e. The Balaban J connectivity index is 1.93. The molecule has 0 aliphatic carbocycles. The van der Waals surface area contributed by atoms with E-state index in [1.807, 2.05) is 4.90 Å². The van der Waals surface area contributed by atoms with E-state index in [1.54, 1.807) is 4.90 Å². The minimum atomic E-state index is 0.886. The van der Waals surface area contributed by atoms with Crippen LogP contribution in [0.2, 0.25) is 0 Å². The highest BCUT2D eigenvalue weighted by Gasteiger charge is 2.28. The van der Waals surface area contributed by atoms with Gasteiger partial charge in [-0.3, -0.25) is 0 Å². The summed E-state index contributed by atoms with van der Waals surface area (Å²) in [7, 11) is 0. The van der Waals surface area contributed by atoms with Crippen LogP contribution in [0.15, 0.2) is 30.3 Å². The molecular formula is C18H32N2+2. The average Bonchev–Trinajstić information content (AvgIpc) is 2.52. The Morgan fingerprint density at radius 1 is 1.10 bits per heavy atom. The molecule has 0 saturated carbocycles. The van der Waals surface area contributed by atoms with Crippen LogP contribution in [0.25, 0.3) is 0 Å². The molecule has 112 valence electrons. The quantitative estimate of drug-likeness (QED) is 0.733. The maximum Gasteiger partial charge on any atom is 0.103 e. The molecule has 20 heavy (non-hydrogen) atoms. The van der Waals surface area contributed by atoms with Crippen molar-refractivity contribution < 1.29 is 9.80 Å². The molecule has 2 rings (SSSR count). The molecule has 2 nitrogen and oxygen atoms in total. The van der Waals surface area contributed by atoms with Crippen molar-refractivity contribution in [3.63, 3.8) is 0 Å². The number of likely N-dealkylation sites (tertiary alicyclic amines) is 1. The van der Waals surface area contributed by atoms with Crippen LogP contribution in [-0.2, 0) is 6.54 Å². The number of nitrogens with one attached hydrogen (secondary N) is 2. The van der Waals surface area contributed by atoms with Gasteiger partial charge in [-0.2, -0.15) is 0 Å². The molecule has 1 heterocycles. The van der Waals surface area contributed by atoms with Gasteiger partial charge in [0.25, 0.3) is 0 Å². The van der Waals surface area contributed by atoms with E-state index in [2.05, 4.69) is 44.2 Å². The molecule has 1 unspecified atom stereocenters. The average molecular weight is 276 g/mol. The number of hydrogen-bond donors (Lipinski definition) is 2. The van der Waals surface area contributed by atoms with Crippen molar-refractivity contribution >= 4 is 0 Å². The monoisotopic (exact) mass is 276 g/mol. The molecule has 1 aromatic rings. The summed E-state index contributed by atoms with van der Waals surface area (Å²) in [5, 5.41) is 0. The fraction of sp³-hybridized carbons (Fsp3) is 0.667.